The first-order chi connectivity index (χ1) is 8.91. The molecule has 2 N–H and O–H groups in total. The molecule has 1 fully saturated rings. The number of aromatic hydroxyl groups is 1. The van der Waals surface area contributed by atoms with E-state index in [1.165, 1.54) is 11.0 Å². The van der Waals surface area contributed by atoms with E-state index in [0.717, 1.165) is 0 Å². The number of aryl methyl sites for hydroxylation is 1. The zero-order valence-corrected chi connectivity index (χ0v) is 13.1. The number of benzene rings is 1. The molecule has 0 aromatic heterocycles. The first kappa shape index (κ1) is 20.3. The molecule has 0 radical (unpaired) electrons. The molecule has 0 bridgehead atoms. The van der Waals surface area contributed by atoms with E-state index in [1.807, 2.05) is 0 Å². The highest BCUT2D eigenvalue weighted by molar-refractivity contribution is 5.85. The summed E-state index contributed by atoms with van der Waals surface area (Å²) in [6.45, 7) is 3.29. The zero-order chi connectivity index (χ0) is 14.0. The van der Waals surface area contributed by atoms with E-state index in [2.05, 4.69) is 5.32 Å². The van der Waals surface area contributed by atoms with Gasteiger partial charge in [0, 0.05) is 31.7 Å². The Kier molecular flexibility index (Phi) is 7.81. The molecule has 1 heterocycles. The van der Waals surface area contributed by atoms with Crippen molar-refractivity contribution in [2.45, 2.75) is 19.1 Å². The number of phenolic OH excluding ortho intramolecular Hbond substituents is 1. The van der Waals surface area contributed by atoms with Crippen LogP contribution in [0.3, 0.4) is 0 Å². The Morgan fingerprint density at radius 1 is 1.19 bits per heavy atom. The number of alkyl halides is 3. The number of phenols is 1. The summed E-state index contributed by atoms with van der Waals surface area (Å²) in [5.74, 6) is -0.261. The van der Waals surface area contributed by atoms with Crippen molar-refractivity contribution in [1.82, 2.24) is 10.2 Å². The van der Waals surface area contributed by atoms with Crippen LogP contribution in [0.1, 0.15) is 17.2 Å². The van der Waals surface area contributed by atoms with Crippen LogP contribution in [-0.2, 0) is 0 Å². The Morgan fingerprint density at radius 2 is 1.76 bits per heavy atom. The summed E-state index contributed by atoms with van der Waals surface area (Å²) < 4.78 is 40.0. The SMILES string of the molecule is Cc1cccc([C@@H](N2CCNCC2)C(F)(F)F)c1O.Cl.Cl. The Labute approximate surface area is 134 Å². The van der Waals surface area contributed by atoms with E-state index in [4.69, 9.17) is 0 Å². The third kappa shape index (κ3) is 4.64. The standard InChI is InChI=1S/C13H17F3N2O.2ClH/c1-9-3-2-4-10(11(9)19)12(13(14,15)16)18-7-5-17-6-8-18;;/h2-4,12,17,19H,5-8H2,1H3;2*1H/t12-;;/m1../s1. The molecule has 0 spiro atoms. The molecule has 0 unspecified atom stereocenters. The second-order valence-corrected chi connectivity index (χ2v) is 4.74. The minimum absolute atomic E-state index is 0. The molecule has 1 saturated heterocycles. The van der Waals surface area contributed by atoms with Crippen LogP contribution < -0.4 is 5.32 Å². The first-order valence-electron chi connectivity index (χ1n) is 6.21. The third-order valence-electron chi connectivity index (χ3n) is 3.39. The van der Waals surface area contributed by atoms with Gasteiger partial charge in [0.1, 0.15) is 11.8 Å². The maximum Gasteiger partial charge on any atom is 0.408 e. The highest BCUT2D eigenvalue weighted by Gasteiger charge is 2.46. The minimum atomic E-state index is -4.40. The highest BCUT2D eigenvalue weighted by atomic mass is 35.5. The van der Waals surface area contributed by atoms with Gasteiger partial charge in [0.25, 0.3) is 0 Å². The molecule has 1 aromatic rings. The Bertz CT molecular complexity index is 452. The number of para-hydroxylation sites is 1. The molecule has 0 aliphatic carbocycles. The summed E-state index contributed by atoms with van der Waals surface area (Å²) in [7, 11) is 0. The molecule has 3 nitrogen and oxygen atoms in total. The monoisotopic (exact) mass is 346 g/mol. The van der Waals surface area contributed by atoms with Crippen LogP contribution in [0.4, 0.5) is 13.2 Å². The maximum absolute atomic E-state index is 13.3. The van der Waals surface area contributed by atoms with Gasteiger partial charge in [-0.2, -0.15) is 13.2 Å². The second-order valence-electron chi connectivity index (χ2n) is 4.74. The van der Waals surface area contributed by atoms with E-state index in [1.54, 1.807) is 19.1 Å². The summed E-state index contributed by atoms with van der Waals surface area (Å²) in [5, 5.41) is 12.9. The number of nitrogens with zero attached hydrogens (tertiary/aromatic N) is 1. The average Bonchev–Trinajstić information content (AvgIpc) is 2.35. The fraction of sp³-hybridized carbons (Fsp3) is 0.538. The number of nitrogens with one attached hydrogen (secondary N) is 1. The van der Waals surface area contributed by atoms with E-state index in [0.29, 0.717) is 31.7 Å². The Balaban J connectivity index is 0.00000200. The van der Waals surface area contributed by atoms with Gasteiger partial charge in [0.2, 0.25) is 0 Å². The molecule has 1 aromatic carbocycles. The zero-order valence-electron chi connectivity index (χ0n) is 11.5. The van der Waals surface area contributed by atoms with Crippen LogP contribution in [0.15, 0.2) is 18.2 Å². The molecule has 1 atom stereocenters. The largest absolute Gasteiger partial charge is 0.507 e. The van der Waals surface area contributed by atoms with Crippen LogP contribution in [0.2, 0.25) is 0 Å². The summed E-state index contributed by atoms with van der Waals surface area (Å²) in [6.07, 6.45) is -4.40. The van der Waals surface area contributed by atoms with Gasteiger partial charge in [-0.25, -0.2) is 0 Å². The maximum atomic E-state index is 13.3. The summed E-state index contributed by atoms with van der Waals surface area (Å²) in [4.78, 5) is 1.37. The normalized spacial score (nSPS) is 17.5. The van der Waals surface area contributed by atoms with Crippen molar-refractivity contribution in [3.05, 3.63) is 29.3 Å². The van der Waals surface area contributed by atoms with Crippen molar-refractivity contribution in [3.63, 3.8) is 0 Å². The lowest BCUT2D eigenvalue weighted by Crippen LogP contribution is -2.49. The number of piperazine rings is 1. The molecule has 0 saturated carbocycles. The number of hydrogen-bond donors (Lipinski definition) is 2. The van der Waals surface area contributed by atoms with Crippen molar-refractivity contribution >= 4 is 24.8 Å². The van der Waals surface area contributed by atoms with Gasteiger partial charge < -0.3 is 10.4 Å². The number of rotatable bonds is 2. The second kappa shape index (κ2) is 8.08. The molecule has 1 aliphatic heterocycles. The van der Waals surface area contributed by atoms with Crippen LogP contribution in [0, 0.1) is 6.92 Å². The lowest BCUT2D eigenvalue weighted by Gasteiger charge is -2.36. The average molecular weight is 347 g/mol. The van der Waals surface area contributed by atoms with E-state index in [-0.39, 0.29) is 36.1 Å². The van der Waals surface area contributed by atoms with Crippen molar-refractivity contribution < 1.29 is 18.3 Å². The van der Waals surface area contributed by atoms with Crippen LogP contribution in [0.25, 0.3) is 0 Å². The van der Waals surface area contributed by atoms with Gasteiger partial charge in [-0.15, -0.1) is 24.8 Å². The number of halogens is 5. The predicted octanol–water partition coefficient (Wildman–Crippen LogP) is 3.05. The number of hydrogen-bond acceptors (Lipinski definition) is 3. The van der Waals surface area contributed by atoms with Gasteiger partial charge in [-0.3, -0.25) is 4.90 Å². The Hall–Kier alpha value is -0.690. The van der Waals surface area contributed by atoms with Crippen LogP contribution >= 0.6 is 24.8 Å². The lowest BCUT2D eigenvalue weighted by atomic mass is 10.00. The molecule has 2 rings (SSSR count). The van der Waals surface area contributed by atoms with Crippen LogP contribution in [0.5, 0.6) is 5.75 Å². The fourth-order valence-electron chi connectivity index (χ4n) is 2.42. The fourth-order valence-corrected chi connectivity index (χ4v) is 2.42. The van der Waals surface area contributed by atoms with Gasteiger partial charge in [-0.05, 0) is 12.5 Å². The van der Waals surface area contributed by atoms with Gasteiger partial charge >= 0.3 is 6.18 Å². The molecule has 0 amide bonds. The first-order valence-corrected chi connectivity index (χ1v) is 6.21. The van der Waals surface area contributed by atoms with E-state index in [9.17, 15) is 18.3 Å². The minimum Gasteiger partial charge on any atom is -0.507 e. The highest BCUT2D eigenvalue weighted by Crippen LogP contribution is 2.42. The molecule has 8 heteroatoms. The Morgan fingerprint density at radius 3 is 2.29 bits per heavy atom. The molecular formula is C13H19Cl2F3N2O. The van der Waals surface area contributed by atoms with Gasteiger partial charge in [0.05, 0.1) is 0 Å². The van der Waals surface area contributed by atoms with E-state index < -0.39 is 12.2 Å². The predicted molar refractivity (Wildman–Crippen MR) is 80.6 cm³/mol. The van der Waals surface area contributed by atoms with Crippen molar-refractivity contribution in [1.29, 1.82) is 0 Å². The van der Waals surface area contributed by atoms with E-state index >= 15 is 0 Å². The van der Waals surface area contributed by atoms with Crippen molar-refractivity contribution in [3.8, 4) is 5.75 Å². The molecule has 1 aliphatic rings. The molecular weight excluding hydrogens is 328 g/mol. The van der Waals surface area contributed by atoms with Gasteiger partial charge in [0.15, 0.2) is 0 Å². The summed E-state index contributed by atoms with van der Waals surface area (Å²) in [6, 6.07) is 2.76. The third-order valence-corrected chi connectivity index (χ3v) is 3.39. The van der Waals surface area contributed by atoms with Crippen molar-refractivity contribution in [2.75, 3.05) is 26.2 Å². The smallest absolute Gasteiger partial charge is 0.408 e. The molecule has 122 valence electrons. The quantitative estimate of drug-likeness (QED) is 0.863. The lowest BCUT2D eigenvalue weighted by molar-refractivity contribution is -0.188. The topological polar surface area (TPSA) is 35.5 Å². The molecule has 21 heavy (non-hydrogen) atoms. The summed E-state index contributed by atoms with van der Waals surface area (Å²) in [5.41, 5.74) is 0.399. The van der Waals surface area contributed by atoms with Gasteiger partial charge in [-0.1, -0.05) is 18.2 Å². The summed E-state index contributed by atoms with van der Waals surface area (Å²) >= 11 is 0. The van der Waals surface area contributed by atoms with Crippen LogP contribution in [-0.4, -0.2) is 42.4 Å². The van der Waals surface area contributed by atoms with Crippen molar-refractivity contribution in [2.24, 2.45) is 0 Å².